The number of anilines is 3. The van der Waals surface area contributed by atoms with Gasteiger partial charge in [0.1, 0.15) is 12.4 Å². The van der Waals surface area contributed by atoms with Gasteiger partial charge in [0.25, 0.3) is 0 Å². The van der Waals surface area contributed by atoms with Crippen molar-refractivity contribution in [1.29, 1.82) is 0 Å². The van der Waals surface area contributed by atoms with Gasteiger partial charge < -0.3 is 15.5 Å². The molecule has 0 atom stereocenters. The second-order valence-electron chi connectivity index (χ2n) is 6.93. The molecule has 0 fully saturated rings. The number of hydrogen-bond acceptors (Lipinski definition) is 6. The van der Waals surface area contributed by atoms with Crippen LogP contribution < -0.4 is 10.6 Å². The summed E-state index contributed by atoms with van der Waals surface area (Å²) in [6.07, 6.45) is -0.916. The lowest BCUT2D eigenvalue weighted by Crippen LogP contribution is -2.26. The molecule has 8 nitrogen and oxygen atoms in total. The highest BCUT2D eigenvalue weighted by molar-refractivity contribution is 5.75. The molecule has 32 heavy (non-hydrogen) atoms. The third kappa shape index (κ3) is 5.89. The number of carbonyl (C=O) groups is 1. The molecule has 0 saturated heterocycles. The van der Waals surface area contributed by atoms with Crippen LogP contribution in [0.2, 0.25) is 0 Å². The van der Waals surface area contributed by atoms with Crippen LogP contribution in [0.4, 0.5) is 39.4 Å². The largest absolute Gasteiger partial charge is 0.416 e. The van der Waals surface area contributed by atoms with E-state index >= 15 is 0 Å². The Morgan fingerprint density at radius 2 is 1.91 bits per heavy atom. The molecule has 0 bridgehead atoms. The van der Waals surface area contributed by atoms with Crippen molar-refractivity contribution >= 4 is 23.4 Å². The number of amides is 1. The predicted octanol–water partition coefficient (Wildman–Crippen LogP) is 3.41. The summed E-state index contributed by atoms with van der Waals surface area (Å²) in [5, 5.41) is 9.34. The van der Waals surface area contributed by atoms with Crippen LogP contribution in [0.15, 0.2) is 36.8 Å². The van der Waals surface area contributed by atoms with Crippen molar-refractivity contribution < 1.29 is 26.7 Å². The quantitative estimate of drug-likeness (QED) is 0.531. The van der Waals surface area contributed by atoms with Gasteiger partial charge in [-0.25, -0.2) is 13.8 Å². The van der Waals surface area contributed by atoms with E-state index in [9.17, 15) is 26.7 Å². The summed E-state index contributed by atoms with van der Waals surface area (Å²) in [5.74, 6) is -2.41. The molecule has 0 aliphatic heterocycles. The van der Waals surface area contributed by atoms with E-state index < -0.39 is 23.4 Å². The highest BCUT2D eigenvalue weighted by Gasteiger charge is 2.31. The second kappa shape index (κ2) is 9.16. The average molecular weight is 455 g/mol. The zero-order valence-electron chi connectivity index (χ0n) is 16.9. The normalized spacial score (nSPS) is 11.3. The van der Waals surface area contributed by atoms with Gasteiger partial charge in [0, 0.05) is 26.8 Å². The van der Waals surface area contributed by atoms with Crippen molar-refractivity contribution in [2.75, 3.05) is 24.7 Å². The molecule has 13 heteroatoms. The molecule has 2 aromatic heterocycles. The SMILES string of the molecule is CN(C)C(=O)Cn1cc(Nc2ncc(F)c(NCc3cc(F)cc(C(F)(F)F)c3)n2)cn1. The Bertz CT molecular complexity index is 1110. The van der Waals surface area contributed by atoms with E-state index in [0.717, 1.165) is 18.3 Å². The Hall–Kier alpha value is -3.77. The van der Waals surface area contributed by atoms with Gasteiger partial charge in [-0.15, -0.1) is 0 Å². The van der Waals surface area contributed by atoms with Crippen LogP contribution in [-0.2, 0) is 24.1 Å². The van der Waals surface area contributed by atoms with Crippen LogP contribution in [0.25, 0.3) is 0 Å². The van der Waals surface area contributed by atoms with Crippen LogP contribution >= 0.6 is 0 Å². The lowest BCUT2D eigenvalue weighted by atomic mass is 10.1. The summed E-state index contributed by atoms with van der Waals surface area (Å²) in [6.45, 7) is -0.294. The third-order valence-corrected chi connectivity index (χ3v) is 4.17. The molecular formula is C19H18F5N7O. The minimum absolute atomic E-state index is 0.0132. The summed E-state index contributed by atoms with van der Waals surface area (Å²) in [7, 11) is 3.22. The van der Waals surface area contributed by atoms with Gasteiger partial charge in [-0.05, 0) is 23.8 Å². The van der Waals surface area contributed by atoms with Crippen molar-refractivity contribution in [3.8, 4) is 0 Å². The fraction of sp³-hybridized carbons (Fsp3) is 0.263. The number of likely N-dealkylation sites (N-methyl/N-ethyl adjacent to an activating group) is 1. The summed E-state index contributed by atoms with van der Waals surface area (Å²) < 4.78 is 67.5. The number of halogens is 5. The Balaban J connectivity index is 1.70. The molecule has 2 N–H and O–H groups in total. The molecule has 2 heterocycles. The first-order chi connectivity index (χ1) is 15.0. The van der Waals surface area contributed by atoms with Gasteiger partial charge in [0.15, 0.2) is 11.6 Å². The van der Waals surface area contributed by atoms with E-state index in [4.69, 9.17) is 0 Å². The van der Waals surface area contributed by atoms with Crippen LogP contribution in [0.3, 0.4) is 0 Å². The molecule has 0 radical (unpaired) electrons. The molecule has 3 rings (SSSR count). The molecule has 0 aliphatic carbocycles. The van der Waals surface area contributed by atoms with E-state index in [1.165, 1.54) is 22.0 Å². The lowest BCUT2D eigenvalue weighted by molar-refractivity contribution is -0.137. The number of nitrogens with one attached hydrogen (secondary N) is 2. The minimum Gasteiger partial charge on any atom is -0.363 e. The maximum Gasteiger partial charge on any atom is 0.416 e. The van der Waals surface area contributed by atoms with Gasteiger partial charge >= 0.3 is 6.18 Å². The van der Waals surface area contributed by atoms with Gasteiger partial charge in [0.2, 0.25) is 11.9 Å². The summed E-state index contributed by atoms with van der Waals surface area (Å²) in [4.78, 5) is 20.9. The first kappa shape index (κ1) is 22.9. The van der Waals surface area contributed by atoms with Crippen molar-refractivity contribution in [3.63, 3.8) is 0 Å². The van der Waals surface area contributed by atoms with Gasteiger partial charge in [-0.3, -0.25) is 9.48 Å². The van der Waals surface area contributed by atoms with E-state index in [-0.39, 0.29) is 36.3 Å². The molecule has 170 valence electrons. The van der Waals surface area contributed by atoms with E-state index in [1.807, 2.05) is 0 Å². The molecule has 0 aliphatic rings. The Morgan fingerprint density at radius 1 is 1.16 bits per heavy atom. The van der Waals surface area contributed by atoms with Crippen molar-refractivity contribution in [3.05, 3.63) is 59.6 Å². The highest BCUT2D eigenvalue weighted by Crippen LogP contribution is 2.30. The lowest BCUT2D eigenvalue weighted by Gasteiger charge is -2.11. The zero-order valence-corrected chi connectivity index (χ0v) is 16.9. The van der Waals surface area contributed by atoms with E-state index in [1.54, 1.807) is 14.1 Å². The molecule has 3 aromatic rings. The average Bonchev–Trinajstić information content (AvgIpc) is 3.14. The predicted molar refractivity (Wildman–Crippen MR) is 105 cm³/mol. The number of nitrogens with zero attached hydrogens (tertiary/aromatic N) is 5. The van der Waals surface area contributed by atoms with Crippen molar-refractivity contribution in [1.82, 2.24) is 24.6 Å². The number of aromatic nitrogens is 4. The van der Waals surface area contributed by atoms with Crippen molar-refractivity contribution in [2.24, 2.45) is 0 Å². The van der Waals surface area contributed by atoms with E-state index in [0.29, 0.717) is 11.8 Å². The minimum atomic E-state index is -4.71. The van der Waals surface area contributed by atoms with Crippen LogP contribution in [0.5, 0.6) is 0 Å². The van der Waals surface area contributed by atoms with E-state index in [2.05, 4.69) is 25.7 Å². The monoisotopic (exact) mass is 455 g/mol. The number of rotatable bonds is 7. The molecule has 0 spiro atoms. The van der Waals surface area contributed by atoms with Gasteiger partial charge in [-0.2, -0.15) is 23.3 Å². The smallest absolute Gasteiger partial charge is 0.363 e. The number of carbonyl (C=O) groups excluding carboxylic acids is 1. The highest BCUT2D eigenvalue weighted by atomic mass is 19.4. The van der Waals surface area contributed by atoms with Gasteiger partial charge in [-0.1, -0.05) is 0 Å². The molecule has 1 aromatic carbocycles. The summed E-state index contributed by atoms with van der Waals surface area (Å²) in [5.41, 5.74) is -0.768. The van der Waals surface area contributed by atoms with Crippen LogP contribution in [-0.4, -0.2) is 44.7 Å². The van der Waals surface area contributed by atoms with Gasteiger partial charge in [0.05, 0.1) is 23.6 Å². The standard InChI is InChI=1S/C19H18F5N7O/c1-30(2)16(32)10-31-9-14(7-27-31)28-18-26-8-15(21)17(29-18)25-6-11-3-12(19(22,23)24)5-13(20)4-11/h3-5,7-9H,6,10H2,1-2H3,(H2,25,26,28,29). The zero-order chi connectivity index (χ0) is 23.5. The molecule has 0 unspecified atom stereocenters. The number of alkyl halides is 3. The van der Waals surface area contributed by atoms with Crippen LogP contribution in [0.1, 0.15) is 11.1 Å². The van der Waals surface area contributed by atoms with Crippen LogP contribution in [0, 0.1) is 11.6 Å². The fourth-order valence-electron chi connectivity index (χ4n) is 2.58. The Kier molecular flexibility index (Phi) is 6.55. The second-order valence-corrected chi connectivity index (χ2v) is 6.93. The maximum absolute atomic E-state index is 14.1. The fourth-order valence-corrected chi connectivity index (χ4v) is 2.58. The first-order valence-corrected chi connectivity index (χ1v) is 9.14. The Labute approximate surface area is 179 Å². The van der Waals surface area contributed by atoms with Crippen molar-refractivity contribution in [2.45, 2.75) is 19.3 Å². The Morgan fingerprint density at radius 3 is 2.59 bits per heavy atom. The molecule has 0 saturated carbocycles. The number of hydrogen-bond donors (Lipinski definition) is 2. The summed E-state index contributed by atoms with van der Waals surface area (Å²) in [6, 6.07) is 2.05. The molecular weight excluding hydrogens is 437 g/mol. The maximum atomic E-state index is 14.1. The molecule has 1 amide bonds. The third-order valence-electron chi connectivity index (χ3n) is 4.17. The summed E-state index contributed by atoms with van der Waals surface area (Å²) >= 11 is 0. The topological polar surface area (TPSA) is 88.0 Å². The first-order valence-electron chi connectivity index (χ1n) is 9.14. The number of benzene rings is 1.